The number of ether oxygens (including phenoxy) is 2. The number of hydrogen-bond donors (Lipinski definition) is 1. The summed E-state index contributed by atoms with van der Waals surface area (Å²) in [4.78, 5) is 56.8. The quantitative estimate of drug-likeness (QED) is 0.0505. The second-order valence-corrected chi connectivity index (χ2v) is 11.7. The van der Waals surface area contributed by atoms with E-state index in [9.17, 15) is 28.7 Å². The summed E-state index contributed by atoms with van der Waals surface area (Å²) in [7, 11) is -5.26. The fourth-order valence-corrected chi connectivity index (χ4v) is 4.62. The SMILES string of the molecule is CCCCCCCCCCCCCCCC(=O)O[C@H](COC(=O)CCCCCCCNC(C)=O)COP(=O)([O-])[O-].[Na+].[Na+]. The molecule has 0 saturated carbocycles. The van der Waals surface area contributed by atoms with Crippen LogP contribution in [0.4, 0.5) is 0 Å². The molecule has 0 aliphatic carbocycles. The van der Waals surface area contributed by atoms with Gasteiger partial charge >= 0.3 is 71.1 Å². The maximum absolute atomic E-state index is 12.2. The molecule has 1 N–H and O–H groups in total. The second kappa shape index (κ2) is 32.9. The average molecular weight is 638 g/mol. The van der Waals surface area contributed by atoms with Gasteiger partial charge in [0.25, 0.3) is 0 Å². The van der Waals surface area contributed by atoms with E-state index in [0.717, 1.165) is 44.9 Å². The Morgan fingerprint density at radius 1 is 0.667 bits per heavy atom. The third-order valence-electron chi connectivity index (χ3n) is 6.56. The number of amides is 1. The summed E-state index contributed by atoms with van der Waals surface area (Å²) in [5.74, 6) is -1.09. The number of rotatable bonds is 28. The predicted molar refractivity (Wildman–Crippen MR) is 151 cm³/mol. The van der Waals surface area contributed by atoms with Crippen molar-refractivity contribution in [1.82, 2.24) is 5.32 Å². The van der Waals surface area contributed by atoms with Crippen LogP contribution in [0.5, 0.6) is 0 Å². The molecule has 0 aromatic carbocycles. The molecule has 0 aliphatic heterocycles. The van der Waals surface area contributed by atoms with Gasteiger partial charge < -0.3 is 33.7 Å². The van der Waals surface area contributed by atoms with Crippen molar-refractivity contribution in [3.8, 4) is 0 Å². The van der Waals surface area contributed by atoms with Crippen molar-refractivity contribution < 1.29 is 102 Å². The first kappa shape index (κ1) is 46.9. The Kier molecular flexibility index (Phi) is 36.8. The van der Waals surface area contributed by atoms with Crippen molar-refractivity contribution in [1.29, 1.82) is 0 Å². The zero-order valence-corrected chi connectivity index (χ0v) is 31.9. The summed E-state index contributed by atoms with van der Waals surface area (Å²) in [6, 6.07) is 0. The van der Waals surface area contributed by atoms with Gasteiger partial charge in [-0.2, -0.15) is 0 Å². The molecule has 0 bridgehead atoms. The number of carbonyl (C=O) groups excluding carboxylic acids is 3. The number of esters is 2. The molecule has 0 saturated heterocycles. The van der Waals surface area contributed by atoms with Crippen molar-refractivity contribution >= 4 is 25.7 Å². The van der Waals surface area contributed by atoms with Crippen molar-refractivity contribution in [2.75, 3.05) is 19.8 Å². The van der Waals surface area contributed by atoms with Crippen molar-refractivity contribution in [3.63, 3.8) is 0 Å². The minimum atomic E-state index is -5.26. The molecular formula is C29H54NNa2O9P. The summed E-state index contributed by atoms with van der Waals surface area (Å²) in [5.41, 5.74) is 0. The standard InChI is InChI=1S/C29H56NO9P.2Na/c1-3-4-5-6-7-8-9-10-11-12-13-15-19-22-29(33)39-27(25-38-40(34,35)36)24-37-28(32)21-18-16-14-17-20-23-30-26(2)31;;/h27H,3-25H2,1-2H3,(H,30,31)(H2,34,35,36);;/q;2*+1/p-2/t27-;;/m1../s1. The smallest absolute Gasteiger partial charge is 0.790 e. The van der Waals surface area contributed by atoms with E-state index < -0.39 is 32.5 Å². The van der Waals surface area contributed by atoms with Gasteiger partial charge in [-0.15, -0.1) is 0 Å². The van der Waals surface area contributed by atoms with Crippen LogP contribution < -0.4 is 74.2 Å². The van der Waals surface area contributed by atoms with Crippen molar-refractivity contribution in [3.05, 3.63) is 0 Å². The van der Waals surface area contributed by atoms with E-state index in [2.05, 4.69) is 16.8 Å². The summed E-state index contributed by atoms with van der Waals surface area (Å²) < 4.78 is 25.5. The van der Waals surface area contributed by atoms with Gasteiger partial charge in [0.1, 0.15) is 6.61 Å². The Morgan fingerprint density at radius 2 is 1.10 bits per heavy atom. The number of hydrogen-bond acceptors (Lipinski definition) is 9. The fraction of sp³-hybridized carbons (Fsp3) is 0.897. The Labute approximate surface area is 298 Å². The van der Waals surface area contributed by atoms with Gasteiger partial charge in [-0.1, -0.05) is 103 Å². The predicted octanol–water partition coefficient (Wildman–Crippen LogP) is -0.747. The molecule has 42 heavy (non-hydrogen) atoms. The van der Waals surface area contributed by atoms with E-state index in [-0.39, 0.29) is 84.5 Å². The van der Waals surface area contributed by atoms with Gasteiger partial charge in [0.05, 0.1) is 14.4 Å². The maximum Gasteiger partial charge on any atom is 1.00 e. The summed E-state index contributed by atoms with van der Waals surface area (Å²) in [5, 5.41) is 2.73. The molecule has 0 aromatic rings. The van der Waals surface area contributed by atoms with Crippen LogP contribution in [0.3, 0.4) is 0 Å². The van der Waals surface area contributed by atoms with E-state index in [4.69, 9.17) is 9.47 Å². The van der Waals surface area contributed by atoms with Gasteiger partial charge in [-0.3, -0.25) is 14.4 Å². The number of carbonyl (C=O) groups is 3. The molecule has 236 valence electrons. The van der Waals surface area contributed by atoms with E-state index >= 15 is 0 Å². The first-order valence-electron chi connectivity index (χ1n) is 15.4. The van der Waals surface area contributed by atoms with Gasteiger partial charge in [-0.05, 0) is 19.3 Å². The zero-order valence-electron chi connectivity index (χ0n) is 27.0. The van der Waals surface area contributed by atoms with Crippen LogP contribution in [-0.4, -0.2) is 43.7 Å². The Bertz CT molecular complexity index is 711. The van der Waals surface area contributed by atoms with Crippen LogP contribution >= 0.6 is 7.82 Å². The minimum Gasteiger partial charge on any atom is -0.790 e. The minimum absolute atomic E-state index is 0. The zero-order chi connectivity index (χ0) is 29.9. The Hall–Kier alpha value is 0.520. The average Bonchev–Trinajstić information content (AvgIpc) is 2.89. The molecule has 0 rings (SSSR count). The first-order valence-corrected chi connectivity index (χ1v) is 16.9. The number of phosphoric acid groups is 1. The molecule has 0 unspecified atom stereocenters. The van der Waals surface area contributed by atoms with E-state index in [1.165, 1.54) is 64.7 Å². The molecule has 0 aromatic heterocycles. The van der Waals surface area contributed by atoms with Crippen molar-refractivity contribution in [2.24, 2.45) is 0 Å². The normalized spacial score (nSPS) is 11.6. The monoisotopic (exact) mass is 637 g/mol. The van der Waals surface area contributed by atoms with Crippen LogP contribution in [0.1, 0.15) is 142 Å². The summed E-state index contributed by atoms with van der Waals surface area (Å²) in [6.07, 6.45) is 18.8. The van der Waals surface area contributed by atoms with Gasteiger partial charge in [0.2, 0.25) is 5.91 Å². The molecule has 0 aliphatic rings. The van der Waals surface area contributed by atoms with Gasteiger partial charge in [0, 0.05) is 26.3 Å². The molecular weight excluding hydrogens is 583 g/mol. The van der Waals surface area contributed by atoms with Crippen LogP contribution in [0.25, 0.3) is 0 Å². The van der Waals surface area contributed by atoms with E-state index in [0.29, 0.717) is 19.4 Å². The van der Waals surface area contributed by atoms with Crippen LogP contribution in [0, 0.1) is 0 Å². The summed E-state index contributed by atoms with van der Waals surface area (Å²) >= 11 is 0. The van der Waals surface area contributed by atoms with E-state index in [1.54, 1.807) is 0 Å². The Balaban J connectivity index is -0.00000760. The van der Waals surface area contributed by atoms with Crippen LogP contribution in [-0.2, 0) is 32.9 Å². The molecule has 10 nitrogen and oxygen atoms in total. The molecule has 1 amide bonds. The molecule has 1 atom stereocenters. The number of nitrogens with one attached hydrogen (secondary N) is 1. The van der Waals surface area contributed by atoms with Crippen LogP contribution in [0.15, 0.2) is 0 Å². The third-order valence-corrected chi connectivity index (χ3v) is 7.03. The van der Waals surface area contributed by atoms with Crippen molar-refractivity contribution in [2.45, 2.75) is 148 Å². The third kappa shape index (κ3) is 36.7. The first-order chi connectivity index (χ1) is 19.1. The molecule has 0 heterocycles. The second-order valence-electron chi connectivity index (χ2n) is 10.5. The van der Waals surface area contributed by atoms with Gasteiger partial charge in [0.15, 0.2) is 6.10 Å². The molecule has 0 spiro atoms. The number of phosphoric ester groups is 1. The largest absolute Gasteiger partial charge is 1.00 e. The Morgan fingerprint density at radius 3 is 1.55 bits per heavy atom. The summed E-state index contributed by atoms with van der Waals surface area (Å²) in [6.45, 7) is 3.28. The maximum atomic E-state index is 12.2. The molecule has 0 fully saturated rings. The van der Waals surface area contributed by atoms with Crippen LogP contribution in [0.2, 0.25) is 0 Å². The number of unbranched alkanes of at least 4 members (excludes halogenated alkanes) is 16. The fourth-order valence-electron chi connectivity index (χ4n) is 4.27. The topological polar surface area (TPSA) is 154 Å². The van der Waals surface area contributed by atoms with E-state index in [1.807, 2.05) is 0 Å². The molecule has 13 heteroatoms. The molecule has 0 radical (unpaired) electrons. The van der Waals surface area contributed by atoms with Gasteiger partial charge in [-0.25, -0.2) is 0 Å².